The van der Waals surface area contributed by atoms with E-state index >= 15 is 0 Å². The molecule has 0 fully saturated rings. The number of aryl methyl sites for hydroxylation is 1. The zero-order chi connectivity index (χ0) is 13.5. The van der Waals surface area contributed by atoms with Crippen LogP contribution in [0.2, 0.25) is 0 Å². The lowest BCUT2D eigenvalue weighted by Crippen LogP contribution is -2.01. The summed E-state index contributed by atoms with van der Waals surface area (Å²) in [6, 6.07) is 11.9. The molecule has 3 nitrogen and oxygen atoms in total. The predicted octanol–water partition coefficient (Wildman–Crippen LogP) is 2.97. The Balaban J connectivity index is 1.85. The highest BCUT2D eigenvalue weighted by atomic mass is 16.5. The quantitative estimate of drug-likeness (QED) is 0.865. The molecule has 1 unspecified atom stereocenters. The van der Waals surface area contributed by atoms with Crippen molar-refractivity contribution in [3.05, 3.63) is 59.9 Å². The number of rotatable bonds is 6. The standard InChI is InChI=1S/C16H19NO2/c1-13(18)2-3-14-4-6-16(7-5-14)19-12-15-8-10-17-11-9-15/h4-11,13,18H,2-3,12H2,1H3. The fourth-order valence-electron chi connectivity index (χ4n) is 1.77. The molecule has 1 heterocycles. The van der Waals surface area contributed by atoms with Crippen molar-refractivity contribution >= 4 is 0 Å². The van der Waals surface area contributed by atoms with E-state index < -0.39 is 0 Å². The Bertz CT molecular complexity index is 480. The van der Waals surface area contributed by atoms with Gasteiger partial charge in [-0.3, -0.25) is 4.98 Å². The van der Waals surface area contributed by atoms with Gasteiger partial charge in [0.2, 0.25) is 0 Å². The zero-order valence-electron chi connectivity index (χ0n) is 11.1. The van der Waals surface area contributed by atoms with E-state index in [1.807, 2.05) is 43.3 Å². The lowest BCUT2D eigenvalue weighted by atomic mass is 10.1. The van der Waals surface area contributed by atoms with Crippen molar-refractivity contribution in [3.8, 4) is 5.75 Å². The summed E-state index contributed by atoms with van der Waals surface area (Å²) in [4.78, 5) is 3.97. The number of aliphatic hydroxyl groups is 1. The molecule has 0 bridgehead atoms. The van der Waals surface area contributed by atoms with E-state index in [4.69, 9.17) is 4.74 Å². The second-order valence-corrected chi connectivity index (χ2v) is 4.68. The van der Waals surface area contributed by atoms with Crippen LogP contribution in [0.3, 0.4) is 0 Å². The molecule has 0 spiro atoms. The van der Waals surface area contributed by atoms with Gasteiger partial charge in [-0.05, 0) is 55.2 Å². The predicted molar refractivity (Wildman–Crippen MR) is 75.0 cm³/mol. The minimum absolute atomic E-state index is 0.248. The largest absolute Gasteiger partial charge is 0.489 e. The van der Waals surface area contributed by atoms with E-state index in [-0.39, 0.29) is 6.10 Å². The summed E-state index contributed by atoms with van der Waals surface area (Å²) in [6.45, 7) is 2.36. The minimum Gasteiger partial charge on any atom is -0.489 e. The van der Waals surface area contributed by atoms with Crippen molar-refractivity contribution in [1.29, 1.82) is 0 Å². The first-order valence-corrected chi connectivity index (χ1v) is 6.53. The monoisotopic (exact) mass is 257 g/mol. The number of nitrogens with zero attached hydrogens (tertiary/aromatic N) is 1. The molecule has 0 saturated carbocycles. The Hall–Kier alpha value is -1.87. The Kier molecular flexibility index (Phi) is 4.93. The number of benzene rings is 1. The molecular formula is C16H19NO2. The third kappa shape index (κ3) is 4.72. The van der Waals surface area contributed by atoms with Crippen molar-refractivity contribution in [3.63, 3.8) is 0 Å². The Morgan fingerprint density at radius 3 is 2.37 bits per heavy atom. The van der Waals surface area contributed by atoms with Crippen molar-refractivity contribution < 1.29 is 9.84 Å². The molecule has 1 N–H and O–H groups in total. The highest BCUT2D eigenvalue weighted by Gasteiger charge is 1.99. The normalized spacial score (nSPS) is 12.1. The molecule has 0 aliphatic carbocycles. The van der Waals surface area contributed by atoms with Crippen LogP contribution in [0, 0.1) is 0 Å². The third-order valence-corrected chi connectivity index (χ3v) is 2.93. The summed E-state index contributed by atoms with van der Waals surface area (Å²) in [7, 11) is 0. The first-order valence-electron chi connectivity index (χ1n) is 6.53. The summed E-state index contributed by atoms with van der Waals surface area (Å²) >= 11 is 0. The molecule has 1 atom stereocenters. The lowest BCUT2D eigenvalue weighted by molar-refractivity contribution is 0.185. The van der Waals surface area contributed by atoms with Crippen LogP contribution in [0.15, 0.2) is 48.8 Å². The van der Waals surface area contributed by atoms with Gasteiger partial charge in [-0.2, -0.15) is 0 Å². The number of aromatic nitrogens is 1. The third-order valence-electron chi connectivity index (χ3n) is 2.93. The molecule has 0 aliphatic rings. The Labute approximate surface area is 113 Å². The van der Waals surface area contributed by atoms with Gasteiger partial charge in [0.25, 0.3) is 0 Å². The zero-order valence-corrected chi connectivity index (χ0v) is 11.1. The molecule has 0 amide bonds. The van der Waals surface area contributed by atoms with Gasteiger partial charge >= 0.3 is 0 Å². The van der Waals surface area contributed by atoms with E-state index in [0.717, 1.165) is 24.2 Å². The van der Waals surface area contributed by atoms with Gasteiger partial charge in [0.05, 0.1) is 6.10 Å². The van der Waals surface area contributed by atoms with Gasteiger partial charge in [0.15, 0.2) is 0 Å². The SMILES string of the molecule is CC(O)CCc1ccc(OCc2ccncc2)cc1. The fourth-order valence-corrected chi connectivity index (χ4v) is 1.77. The Morgan fingerprint density at radius 2 is 1.74 bits per heavy atom. The highest BCUT2D eigenvalue weighted by Crippen LogP contribution is 2.15. The second-order valence-electron chi connectivity index (χ2n) is 4.68. The molecule has 0 radical (unpaired) electrons. The molecule has 0 saturated heterocycles. The summed E-state index contributed by atoms with van der Waals surface area (Å²) in [5.74, 6) is 0.859. The van der Waals surface area contributed by atoms with Crippen LogP contribution >= 0.6 is 0 Å². The molecule has 2 aromatic rings. The number of ether oxygens (including phenoxy) is 1. The molecule has 1 aromatic carbocycles. The van der Waals surface area contributed by atoms with Gasteiger partial charge < -0.3 is 9.84 Å². The second kappa shape index (κ2) is 6.90. The maximum absolute atomic E-state index is 9.25. The number of hydrogen-bond donors (Lipinski definition) is 1. The first-order chi connectivity index (χ1) is 9.24. The molecular weight excluding hydrogens is 238 g/mol. The van der Waals surface area contributed by atoms with Gasteiger partial charge in [-0.1, -0.05) is 12.1 Å². The van der Waals surface area contributed by atoms with Gasteiger partial charge in [0, 0.05) is 12.4 Å². The van der Waals surface area contributed by atoms with Crippen LogP contribution in [0.5, 0.6) is 5.75 Å². The molecule has 19 heavy (non-hydrogen) atoms. The Morgan fingerprint density at radius 1 is 1.05 bits per heavy atom. The molecule has 1 aromatic heterocycles. The molecule has 3 heteroatoms. The smallest absolute Gasteiger partial charge is 0.119 e. The summed E-state index contributed by atoms with van der Waals surface area (Å²) in [5, 5.41) is 9.25. The molecule has 2 rings (SSSR count). The minimum atomic E-state index is -0.248. The lowest BCUT2D eigenvalue weighted by Gasteiger charge is -2.08. The van der Waals surface area contributed by atoms with E-state index in [9.17, 15) is 5.11 Å². The van der Waals surface area contributed by atoms with E-state index in [0.29, 0.717) is 6.61 Å². The van der Waals surface area contributed by atoms with E-state index in [1.54, 1.807) is 12.4 Å². The number of hydrogen-bond acceptors (Lipinski definition) is 3. The van der Waals surface area contributed by atoms with Gasteiger partial charge in [0.1, 0.15) is 12.4 Å². The number of pyridine rings is 1. The van der Waals surface area contributed by atoms with E-state index in [2.05, 4.69) is 4.98 Å². The summed E-state index contributed by atoms with van der Waals surface area (Å²) in [6.07, 6.45) is 4.96. The first kappa shape index (κ1) is 13.6. The average molecular weight is 257 g/mol. The van der Waals surface area contributed by atoms with Crippen molar-refractivity contribution in [2.24, 2.45) is 0 Å². The fraction of sp³-hybridized carbons (Fsp3) is 0.312. The van der Waals surface area contributed by atoms with Gasteiger partial charge in [-0.25, -0.2) is 0 Å². The van der Waals surface area contributed by atoms with E-state index in [1.165, 1.54) is 5.56 Å². The van der Waals surface area contributed by atoms with Crippen LogP contribution in [-0.4, -0.2) is 16.2 Å². The maximum atomic E-state index is 9.25. The average Bonchev–Trinajstić information content (AvgIpc) is 2.45. The van der Waals surface area contributed by atoms with Crippen LogP contribution in [0.25, 0.3) is 0 Å². The van der Waals surface area contributed by atoms with Crippen molar-refractivity contribution in [1.82, 2.24) is 4.98 Å². The van der Waals surface area contributed by atoms with Crippen molar-refractivity contribution in [2.75, 3.05) is 0 Å². The maximum Gasteiger partial charge on any atom is 0.119 e. The van der Waals surface area contributed by atoms with Crippen molar-refractivity contribution in [2.45, 2.75) is 32.5 Å². The van der Waals surface area contributed by atoms with Crippen LogP contribution in [0.1, 0.15) is 24.5 Å². The molecule has 100 valence electrons. The molecule has 0 aliphatic heterocycles. The van der Waals surface area contributed by atoms with Crippen LogP contribution in [0.4, 0.5) is 0 Å². The number of aliphatic hydroxyl groups excluding tert-OH is 1. The van der Waals surface area contributed by atoms with Crippen LogP contribution < -0.4 is 4.74 Å². The highest BCUT2D eigenvalue weighted by molar-refractivity contribution is 5.27. The summed E-state index contributed by atoms with van der Waals surface area (Å²) < 4.78 is 5.70. The van der Waals surface area contributed by atoms with Gasteiger partial charge in [-0.15, -0.1) is 0 Å². The summed E-state index contributed by atoms with van der Waals surface area (Å²) in [5.41, 5.74) is 2.32. The topological polar surface area (TPSA) is 42.4 Å². The van der Waals surface area contributed by atoms with Crippen LogP contribution in [-0.2, 0) is 13.0 Å².